The fourth-order valence-corrected chi connectivity index (χ4v) is 1.88. The summed E-state index contributed by atoms with van der Waals surface area (Å²) in [6.45, 7) is 7.32. The van der Waals surface area contributed by atoms with Crippen molar-refractivity contribution >= 4 is 11.6 Å². The second kappa shape index (κ2) is 6.82. The third-order valence-corrected chi connectivity index (χ3v) is 3.34. The highest BCUT2D eigenvalue weighted by atomic mass is 35.5. The van der Waals surface area contributed by atoms with Crippen LogP contribution < -0.4 is 10.1 Å². The van der Waals surface area contributed by atoms with E-state index in [2.05, 4.69) is 19.2 Å². The number of furan rings is 1. The predicted molar refractivity (Wildman–Crippen MR) is 81.2 cm³/mol. The van der Waals surface area contributed by atoms with Crippen LogP contribution >= 0.6 is 11.6 Å². The van der Waals surface area contributed by atoms with Crippen LogP contribution in [-0.2, 0) is 13.2 Å². The normalized spacial score (nSPS) is 11.1. The zero-order valence-corrected chi connectivity index (χ0v) is 12.8. The van der Waals surface area contributed by atoms with E-state index in [0.717, 1.165) is 34.4 Å². The monoisotopic (exact) mass is 293 g/mol. The van der Waals surface area contributed by atoms with Crippen LogP contribution in [0.25, 0.3) is 0 Å². The minimum Gasteiger partial charge on any atom is -0.486 e. The molecule has 0 saturated heterocycles. The molecule has 0 atom stereocenters. The fraction of sp³-hybridized carbons (Fsp3) is 0.375. The van der Waals surface area contributed by atoms with Crippen molar-refractivity contribution < 1.29 is 9.15 Å². The zero-order chi connectivity index (χ0) is 14.5. The van der Waals surface area contributed by atoms with Crippen molar-refractivity contribution in [2.75, 3.05) is 0 Å². The highest BCUT2D eigenvalue weighted by Crippen LogP contribution is 2.22. The minimum absolute atomic E-state index is 0.419. The van der Waals surface area contributed by atoms with Gasteiger partial charge in [-0.1, -0.05) is 25.4 Å². The van der Waals surface area contributed by atoms with Gasteiger partial charge in [-0.05, 0) is 42.8 Å². The standard InChI is InChI=1S/C16H20ClNO2/c1-11(2)18-9-14-4-5-15(20-14)10-19-13-6-7-16(17)12(3)8-13/h4-8,11,18H,9-10H2,1-3H3. The molecule has 0 aliphatic heterocycles. The number of hydrogen-bond acceptors (Lipinski definition) is 3. The molecule has 0 radical (unpaired) electrons. The first-order valence-electron chi connectivity index (χ1n) is 6.74. The van der Waals surface area contributed by atoms with Gasteiger partial charge in [0, 0.05) is 11.1 Å². The lowest BCUT2D eigenvalue weighted by molar-refractivity contribution is 0.264. The Bertz CT molecular complexity index is 563. The van der Waals surface area contributed by atoms with Crippen LogP contribution in [0.5, 0.6) is 5.75 Å². The van der Waals surface area contributed by atoms with Crippen molar-refractivity contribution in [3.63, 3.8) is 0 Å². The van der Waals surface area contributed by atoms with E-state index < -0.39 is 0 Å². The van der Waals surface area contributed by atoms with E-state index in [1.807, 2.05) is 37.3 Å². The quantitative estimate of drug-likeness (QED) is 0.861. The third-order valence-electron chi connectivity index (χ3n) is 2.91. The molecule has 1 N–H and O–H groups in total. The second-order valence-corrected chi connectivity index (χ2v) is 5.51. The molecule has 1 aromatic carbocycles. The summed E-state index contributed by atoms with van der Waals surface area (Å²) in [7, 11) is 0. The van der Waals surface area contributed by atoms with E-state index in [0.29, 0.717) is 12.6 Å². The first-order valence-corrected chi connectivity index (χ1v) is 7.12. The van der Waals surface area contributed by atoms with E-state index in [9.17, 15) is 0 Å². The van der Waals surface area contributed by atoms with Gasteiger partial charge in [-0.25, -0.2) is 0 Å². The highest BCUT2D eigenvalue weighted by molar-refractivity contribution is 6.31. The second-order valence-electron chi connectivity index (χ2n) is 5.10. The van der Waals surface area contributed by atoms with Gasteiger partial charge in [0.05, 0.1) is 6.54 Å². The Morgan fingerprint density at radius 2 is 1.95 bits per heavy atom. The third kappa shape index (κ3) is 4.29. The lowest BCUT2D eigenvalue weighted by Gasteiger charge is -2.07. The molecule has 0 saturated carbocycles. The maximum Gasteiger partial charge on any atom is 0.146 e. The number of rotatable bonds is 6. The van der Waals surface area contributed by atoms with Crippen molar-refractivity contribution in [2.24, 2.45) is 0 Å². The molecule has 0 aliphatic carbocycles. The lowest BCUT2D eigenvalue weighted by atomic mass is 10.2. The summed E-state index contributed by atoms with van der Waals surface area (Å²) in [6, 6.07) is 9.98. The number of nitrogens with one attached hydrogen (secondary N) is 1. The molecule has 0 aliphatic rings. The largest absolute Gasteiger partial charge is 0.486 e. The summed E-state index contributed by atoms with van der Waals surface area (Å²) in [6.07, 6.45) is 0. The first-order chi connectivity index (χ1) is 9.54. The number of halogens is 1. The number of benzene rings is 1. The SMILES string of the molecule is Cc1cc(OCc2ccc(CNC(C)C)o2)ccc1Cl. The van der Waals surface area contributed by atoms with Gasteiger partial charge in [0.1, 0.15) is 23.9 Å². The van der Waals surface area contributed by atoms with Crippen LogP contribution in [0.4, 0.5) is 0 Å². The van der Waals surface area contributed by atoms with Crippen molar-refractivity contribution in [2.45, 2.75) is 40.0 Å². The summed E-state index contributed by atoms with van der Waals surface area (Å²) in [4.78, 5) is 0. The topological polar surface area (TPSA) is 34.4 Å². The summed E-state index contributed by atoms with van der Waals surface area (Å²) >= 11 is 5.98. The van der Waals surface area contributed by atoms with E-state index >= 15 is 0 Å². The molecule has 1 aromatic heterocycles. The van der Waals surface area contributed by atoms with E-state index in [1.54, 1.807) is 0 Å². The van der Waals surface area contributed by atoms with E-state index in [1.165, 1.54) is 0 Å². The zero-order valence-electron chi connectivity index (χ0n) is 12.1. The summed E-state index contributed by atoms with van der Waals surface area (Å²) in [5, 5.41) is 4.06. The Kier molecular flexibility index (Phi) is 5.10. The minimum atomic E-state index is 0.419. The number of aryl methyl sites for hydroxylation is 1. The molecule has 108 valence electrons. The molecule has 0 bridgehead atoms. The van der Waals surface area contributed by atoms with Crippen molar-refractivity contribution in [1.82, 2.24) is 5.32 Å². The Balaban J connectivity index is 1.89. The van der Waals surface area contributed by atoms with Crippen LogP contribution in [0.3, 0.4) is 0 Å². The predicted octanol–water partition coefficient (Wildman–Crippen LogP) is 4.32. The average molecular weight is 294 g/mol. The molecule has 0 spiro atoms. The van der Waals surface area contributed by atoms with Crippen LogP contribution in [0.1, 0.15) is 30.9 Å². The molecule has 4 heteroatoms. The van der Waals surface area contributed by atoms with Gasteiger partial charge < -0.3 is 14.5 Å². The number of ether oxygens (including phenoxy) is 1. The fourth-order valence-electron chi connectivity index (χ4n) is 1.76. The Labute approximate surface area is 124 Å². The Hall–Kier alpha value is -1.45. The van der Waals surface area contributed by atoms with Gasteiger partial charge >= 0.3 is 0 Å². The van der Waals surface area contributed by atoms with Crippen molar-refractivity contribution in [3.8, 4) is 5.75 Å². The van der Waals surface area contributed by atoms with Gasteiger partial charge in [-0.3, -0.25) is 0 Å². The van der Waals surface area contributed by atoms with Gasteiger partial charge in [-0.15, -0.1) is 0 Å². The molecule has 3 nitrogen and oxygen atoms in total. The summed E-state index contributed by atoms with van der Waals surface area (Å²) in [5.41, 5.74) is 1.01. The maximum atomic E-state index is 5.98. The molecule has 2 aromatic rings. The van der Waals surface area contributed by atoms with Gasteiger partial charge in [0.2, 0.25) is 0 Å². The van der Waals surface area contributed by atoms with Crippen LogP contribution in [0.15, 0.2) is 34.7 Å². The molecule has 0 fully saturated rings. The van der Waals surface area contributed by atoms with Gasteiger partial charge in [-0.2, -0.15) is 0 Å². The summed E-state index contributed by atoms with van der Waals surface area (Å²) in [5.74, 6) is 2.54. The first kappa shape index (κ1) is 14.9. The molecule has 0 amide bonds. The van der Waals surface area contributed by atoms with E-state index in [-0.39, 0.29) is 0 Å². The number of hydrogen-bond donors (Lipinski definition) is 1. The van der Waals surface area contributed by atoms with Crippen LogP contribution in [-0.4, -0.2) is 6.04 Å². The Morgan fingerprint density at radius 1 is 1.20 bits per heavy atom. The smallest absolute Gasteiger partial charge is 0.146 e. The van der Waals surface area contributed by atoms with Crippen LogP contribution in [0.2, 0.25) is 5.02 Å². The molecule has 20 heavy (non-hydrogen) atoms. The van der Waals surface area contributed by atoms with Crippen molar-refractivity contribution in [3.05, 3.63) is 52.4 Å². The van der Waals surface area contributed by atoms with Crippen LogP contribution in [0, 0.1) is 6.92 Å². The molecular weight excluding hydrogens is 274 g/mol. The molecule has 2 rings (SSSR count). The maximum absolute atomic E-state index is 5.98. The van der Waals surface area contributed by atoms with Gasteiger partial charge in [0.15, 0.2) is 0 Å². The van der Waals surface area contributed by atoms with Crippen molar-refractivity contribution in [1.29, 1.82) is 0 Å². The summed E-state index contributed by atoms with van der Waals surface area (Å²) < 4.78 is 11.4. The Morgan fingerprint density at radius 3 is 2.65 bits per heavy atom. The highest BCUT2D eigenvalue weighted by Gasteiger charge is 2.04. The molecule has 1 heterocycles. The lowest BCUT2D eigenvalue weighted by Crippen LogP contribution is -2.21. The van der Waals surface area contributed by atoms with Gasteiger partial charge in [0.25, 0.3) is 0 Å². The molecular formula is C16H20ClNO2. The molecule has 0 unspecified atom stereocenters. The average Bonchev–Trinajstić information content (AvgIpc) is 2.86. The van der Waals surface area contributed by atoms with E-state index in [4.69, 9.17) is 20.8 Å².